The topological polar surface area (TPSA) is 115 Å². The van der Waals surface area contributed by atoms with Gasteiger partial charge in [0.2, 0.25) is 5.78 Å². The summed E-state index contributed by atoms with van der Waals surface area (Å²) in [4.78, 5) is 39.6. The van der Waals surface area contributed by atoms with Crippen LogP contribution in [0.25, 0.3) is 0 Å². The zero-order valence-electron chi connectivity index (χ0n) is 15.7. The summed E-state index contributed by atoms with van der Waals surface area (Å²) in [7, 11) is 2.68. The van der Waals surface area contributed by atoms with Gasteiger partial charge in [-0.1, -0.05) is 0 Å². The number of phenolic OH excluding ortho intramolecular Hbond substituents is 1. The lowest BCUT2D eigenvalue weighted by atomic mass is 10.1. The second-order valence-corrected chi connectivity index (χ2v) is 5.91. The summed E-state index contributed by atoms with van der Waals surface area (Å²) in [5, 5.41) is 9.91. The highest BCUT2D eigenvalue weighted by atomic mass is 16.5. The molecule has 0 saturated heterocycles. The zero-order chi connectivity index (χ0) is 20.3. The fourth-order valence-electron chi connectivity index (χ4n) is 2.70. The van der Waals surface area contributed by atoms with Gasteiger partial charge in [0.05, 0.1) is 25.5 Å². The van der Waals surface area contributed by atoms with E-state index in [0.717, 1.165) is 0 Å². The number of aromatic hydroxyl groups is 1. The van der Waals surface area contributed by atoms with Crippen molar-refractivity contribution in [1.82, 2.24) is 4.98 Å². The Kier molecular flexibility index (Phi) is 5.89. The number of esters is 2. The van der Waals surface area contributed by atoms with Gasteiger partial charge in [-0.25, -0.2) is 9.59 Å². The van der Waals surface area contributed by atoms with Crippen molar-refractivity contribution in [3.8, 4) is 11.5 Å². The Morgan fingerprint density at radius 2 is 1.78 bits per heavy atom. The number of carbonyl (C=O) groups excluding carboxylic acids is 3. The van der Waals surface area contributed by atoms with Gasteiger partial charge in [0.1, 0.15) is 17.1 Å². The number of hydrogen-bond donors (Lipinski definition) is 2. The molecule has 1 atom stereocenters. The summed E-state index contributed by atoms with van der Waals surface area (Å²) in [6.45, 7) is 4.66. The minimum absolute atomic E-state index is 0.0925. The highest BCUT2D eigenvalue weighted by molar-refractivity contribution is 6.04. The van der Waals surface area contributed by atoms with E-state index in [0.29, 0.717) is 17.0 Å². The lowest BCUT2D eigenvalue weighted by Gasteiger charge is -2.13. The molecular weight excluding hydrogens is 354 g/mol. The maximum Gasteiger partial charge on any atom is 0.342 e. The minimum Gasteiger partial charge on any atom is -0.507 e. The van der Waals surface area contributed by atoms with Gasteiger partial charge in [0.25, 0.3) is 0 Å². The number of phenols is 1. The van der Waals surface area contributed by atoms with Crippen molar-refractivity contribution < 1.29 is 33.7 Å². The monoisotopic (exact) mass is 375 g/mol. The largest absolute Gasteiger partial charge is 0.507 e. The summed E-state index contributed by atoms with van der Waals surface area (Å²) in [6, 6.07) is 4.10. The molecule has 2 aromatic rings. The molecule has 0 aliphatic heterocycles. The van der Waals surface area contributed by atoms with E-state index in [9.17, 15) is 19.5 Å². The first-order valence-electron chi connectivity index (χ1n) is 8.10. The smallest absolute Gasteiger partial charge is 0.342 e. The van der Waals surface area contributed by atoms with E-state index in [1.807, 2.05) is 0 Å². The molecule has 0 bridgehead atoms. The number of aryl methyl sites for hydroxylation is 1. The van der Waals surface area contributed by atoms with E-state index in [1.165, 1.54) is 39.3 Å². The van der Waals surface area contributed by atoms with E-state index in [2.05, 4.69) is 4.98 Å². The molecular formula is C19H21NO7. The SMILES string of the molecule is COC(=O)c1c(C)[nH]c(C(=O)[C@@H](C)OC(=O)c2ccc(OC)cc2O)c1C. The third-order valence-corrected chi connectivity index (χ3v) is 4.15. The molecule has 144 valence electrons. The molecule has 1 aromatic carbocycles. The minimum atomic E-state index is -1.14. The Morgan fingerprint density at radius 1 is 1.11 bits per heavy atom. The van der Waals surface area contributed by atoms with E-state index in [4.69, 9.17) is 14.2 Å². The Labute approximate surface area is 156 Å². The third kappa shape index (κ3) is 3.94. The molecule has 8 nitrogen and oxygen atoms in total. The van der Waals surface area contributed by atoms with Crippen molar-refractivity contribution in [2.24, 2.45) is 0 Å². The van der Waals surface area contributed by atoms with Crippen molar-refractivity contribution in [1.29, 1.82) is 0 Å². The predicted molar refractivity (Wildman–Crippen MR) is 95.5 cm³/mol. The molecule has 0 aliphatic carbocycles. The second-order valence-electron chi connectivity index (χ2n) is 5.91. The van der Waals surface area contributed by atoms with Gasteiger partial charge in [0.15, 0.2) is 6.10 Å². The number of aromatic nitrogens is 1. The molecule has 0 amide bonds. The molecule has 2 rings (SSSR count). The number of hydrogen-bond acceptors (Lipinski definition) is 7. The quantitative estimate of drug-likeness (QED) is 0.589. The van der Waals surface area contributed by atoms with E-state index < -0.39 is 23.8 Å². The second kappa shape index (κ2) is 7.94. The van der Waals surface area contributed by atoms with E-state index in [1.54, 1.807) is 13.8 Å². The number of benzene rings is 1. The van der Waals surface area contributed by atoms with Crippen LogP contribution in [0.5, 0.6) is 11.5 Å². The van der Waals surface area contributed by atoms with Crippen LogP contribution in [-0.2, 0) is 9.47 Å². The summed E-state index contributed by atoms with van der Waals surface area (Å²) in [5.74, 6) is -1.87. The first kappa shape index (κ1) is 20.0. The van der Waals surface area contributed by atoms with Gasteiger partial charge < -0.3 is 24.3 Å². The molecule has 0 aliphatic rings. The number of rotatable bonds is 6. The van der Waals surface area contributed by atoms with E-state index in [-0.39, 0.29) is 22.6 Å². The zero-order valence-corrected chi connectivity index (χ0v) is 15.7. The third-order valence-electron chi connectivity index (χ3n) is 4.15. The highest BCUT2D eigenvalue weighted by Gasteiger charge is 2.28. The van der Waals surface area contributed by atoms with Crippen molar-refractivity contribution >= 4 is 17.7 Å². The van der Waals surface area contributed by atoms with Gasteiger partial charge in [-0.2, -0.15) is 0 Å². The van der Waals surface area contributed by atoms with Gasteiger partial charge in [0, 0.05) is 11.8 Å². The molecule has 2 N–H and O–H groups in total. The van der Waals surface area contributed by atoms with Gasteiger partial charge in [-0.3, -0.25) is 4.79 Å². The van der Waals surface area contributed by atoms with Crippen LogP contribution in [0.15, 0.2) is 18.2 Å². The van der Waals surface area contributed by atoms with Crippen LogP contribution < -0.4 is 4.74 Å². The van der Waals surface area contributed by atoms with Crippen molar-refractivity contribution in [3.63, 3.8) is 0 Å². The van der Waals surface area contributed by atoms with Crippen LogP contribution in [0.4, 0.5) is 0 Å². The molecule has 8 heteroatoms. The number of ketones is 1. The number of carbonyl (C=O) groups is 3. The van der Waals surface area contributed by atoms with Gasteiger partial charge >= 0.3 is 11.9 Å². The van der Waals surface area contributed by atoms with Crippen molar-refractivity contribution in [2.45, 2.75) is 26.9 Å². The Bertz CT molecular complexity index is 898. The number of Topliss-reactive ketones (excluding diaryl/α,β-unsaturated/α-hetero) is 1. The Hall–Kier alpha value is -3.29. The average molecular weight is 375 g/mol. The lowest BCUT2D eigenvalue weighted by Crippen LogP contribution is -2.25. The fourth-order valence-corrected chi connectivity index (χ4v) is 2.70. The maximum atomic E-state index is 12.7. The summed E-state index contributed by atoms with van der Waals surface area (Å²) in [5.41, 5.74) is 1.23. The molecule has 0 radical (unpaired) electrons. The van der Waals surface area contributed by atoms with Crippen molar-refractivity contribution in [3.05, 3.63) is 46.3 Å². The maximum absolute atomic E-state index is 12.7. The Morgan fingerprint density at radius 3 is 2.33 bits per heavy atom. The van der Waals surface area contributed by atoms with E-state index >= 15 is 0 Å². The van der Waals surface area contributed by atoms with Crippen LogP contribution in [0.1, 0.15) is 49.4 Å². The molecule has 27 heavy (non-hydrogen) atoms. The van der Waals surface area contributed by atoms with Gasteiger partial charge in [-0.05, 0) is 38.5 Å². The number of methoxy groups -OCH3 is 2. The van der Waals surface area contributed by atoms with Crippen LogP contribution in [-0.4, -0.2) is 48.1 Å². The fraction of sp³-hybridized carbons (Fsp3) is 0.316. The molecule has 0 unspecified atom stereocenters. The van der Waals surface area contributed by atoms with Crippen LogP contribution >= 0.6 is 0 Å². The summed E-state index contributed by atoms with van der Waals surface area (Å²) < 4.78 is 14.8. The molecule has 1 aromatic heterocycles. The van der Waals surface area contributed by atoms with Crippen LogP contribution in [0, 0.1) is 13.8 Å². The normalized spacial score (nSPS) is 11.6. The predicted octanol–water partition coefficient (Wildman–Crippen LogP) is 2.56. The standard InChI is InChI=1S/C19H21NO7/c1-9-15(19(24)26-5)10(2)20-16(9)17(22)11(3)27-18(23)13-7-6-12(25-4)8-14(13)21/h6-8,11,20-21H,1-5H3/t11-/m1/s1. The number of aromatic amines is 1. The van der Waals surface area contributed by atoms with Crippen LogP contribution in [0.3, 0.4) is 0 Å². The molecule has 1 heterocycles. The summed E-state index contributed by atoms with van der Waals surface area (Å²) in [6.07, 6.45) is -1.14. The molecule has 0 fully saturated rings. The first-order chi connectivity index (χ1) is 12.7. The first-order valence-corrected chi connectivity index (χ1v) is 8.10. The van der Waals surface area contributed by atoms with Crippen molar-refractivity contribution in [2.75, 3.05) is 14.2 Å². The Balaban J connectivity index is 2.21. The lowest BCUT2D eigenvalue weighted by molar-refractivity contribution is 0.0314. The molecule has 0 spiro atoms. The number of ether oxygens (including phenoxy) is 3. The molecule has 0 saturated carbocycles. The van der Waals surface area contributed by atoms with Gasteiger partial charge in [-0.15, -0.1) is 0 Å². The number of H-pyrrole nitrogens is 1. The average Bonchev–Trinajstić information content (AvgIpc) is 2.94. The highest BCUT2D eigenvalue weighted by Crippen LogP contribution is 2.25. The number of nitrogens with one attached hydrogen (secondary N) is 1. The van der Waals surface area contributed by atoms with Crippen LogP contribution in [0.2, 0.25) is 0 Å². The summed E-state index contributed by atoms with van der Waals surface area (Å²) >= 11 is 0.